The molecule has 0 saturated carbocycles. The molecule has 0 heterocycles. The maximum atomic E-state index is 12.4. The first kappa shape index (κ1) is 7.98. The van der Waals surface area contributed by atoms with Crippen molar-refractivity contribution in [2.45, 2.75) is 6.92 Å². The Balaban J connectivity index is 2.86. The van der Waals surface area contributed by atoms with Crippen LogP contribution in [0.3, 0.4) is 0 Å². The Morgan fingerprint density at radius 1 is 1.27 bits per heavy atom. The molecule has 0 aliphatic rings. The van der Waals surface area contributed by atoms with Crippen LogP contribution in [-0.4, -0.2) is 0 Å². The summed E-state index contributed by atoms with van der Waals surface area (Å²) in [7, 11) is 0. The van der Waals surface area contributed by atoms with E-state index in [1.165, 1.54) is 12.7 Å². The van der Waals surface area contributed by atoms with E-state index in [1.54, 1.807) is 6.92 Å². The number of halogens is 2. The van der Waals surface area contributed by atoms with Gasteiger partial charge in [-0.15, -0.1) is 0 Å². The topological polar surface area (TPSA) is 9.23 Å². The average molecular weight is 157 g/mol. The summed E-state index contributed by atoms with van der Waals surface area (Å²) in [5, 5.41) is 0. The fourth-order valence-corrected chi connectivity index (χ4v) is 0.686. The van der Waals surface area contributed by atoms with Crippen LogP contribution in [0, 0.1) is 18.2 Å². The highest BCUT2D eigenvalue weighted by Crippen LogP contribution is 2.15. The normalized spacial score (nSPS) is 9.73. The molecule has 1 radical (unpaired) electrons. The summed E-state index contributed by atoms with van der Waals surface area (Å²) in [4.78, 5) is 0. The summed E-state index contributed by atoms with van der Waals surface area (Å²) >= 11 is 0. The zero-order valence-electron chi connectivity index (χ0n) is 5.97. The van der Waals surface area contributed by atoms with E-state index in [4.69, 9.17) is 4.74 Å². The van der Waals surface area contributed by atoms with E-state index >= 15 is 0 Å². The summed E-state index contributed by atoms with van der Waals surface area (Å²) < 4.78 is 29.5. The highest BCUT2D eigenvalue weighted by molar-refractivity contribution is 5.23. The molecule has 0 aliphatic heterocycles. The molecule has 0 aromatic heterocycles. The first-order chi connectivity index (χ1) is 5.24. The molecule has 0 fully saturated rings. The third kappa shape index (κ3) is 1.90. The lowest BCUT2D eigenvalue weighted by molar-refractivity contribution is 0.408. The van der Waals surface area contributed by atoms with Crippen molar-refractivity contribution in [3.05, 3.63) is 36.4 Å². The molecule has 59 valence electrons. The van der Waals surface area contributed by atoms with Gasteiger partial charge in [0.25, 0.3) is 0 Å². The van der Waals surface area contributed by atoms with Crippen molar-refractivity contribution in [1.29, 1.82) is 0 Å². The summed E-state index contributed by atoms with van der Waals surface area (Å²) in [5.41, 5.74) is 0. The van der Waals surface area contributed by atoms with Gasteiger partial charge in [-0.05, 0) is 19.1 Å². The Kier molecular flexibility index (Phi) is 2.41. The van der Waals surface area contributed by atoms with Gasteiger partial charge in [-0.1, -0.05) is 0 Å². The predicted octanol–water partition coefficient (Wildman–Crippen LogP) is 2.53. The highest BCUT2D eigenvalue weighted by atomic mass is 19.2. The van der Waals surface area contributed by atoms with E-state index in [2.05, 4.69) is 0 Å². The fourth-order valence-electron chi connectivity index (χ4n) is 0.686. The van der Waals surface area contributed by atoms with Crippen molar-refractivity contribution in [3.8, 4) is 5.75 Å². The first-order valence-electron chi connectivity index (χ1n) is 3.13. The van der Waals surface area contributed by atoms with Crippen LogP contribution in [0.4, 0.5) is 8.78 Å². The first-order valence-corrected chi connectivity index (χ1v) is 3.13. The number of rotatable bonds is 2. The lowest BCUT2D eigenvalue weighted by Crippen LogP contribution is -1.88. The third-order valence-electron chi connectivity index (χ3n) is 1.14. The van der Waals surface area contributed by atoms with Gasteiger partial charge in [0, 0.05) is 6.07 Å². The van der Waals surface area contributed by atoms with Crippen molar-refractivity contribution >= 4 is 0 Å². The van der Waals surface area contributed by atoms with Crippen molar-refractivity contribution in [2.24, 2.45) is 0 Å². The quantitative estimate of drug-likeness (QED) is 0.640. The van der Waals surface area contributed by atoms with Gasteiger partial charge in [0.15, 0.2) is 11.6 Å². The molecule has 0 amide bonds. The summed E-state index contributed by atoms with van der Waals surface area (Å²) in [6.45, 7) is 3.05. The summed E-state index contributed by atoms with van der Waals surface area (Å²) in [6, 6.07) is 3.38. The highest BCUT2D eigenvalue weighted by Gasteiger charge is 2.01. The lowest BCUT2D eigenvalue weighted by atomic mass is 10.3. The monoisotopic (exact) mass is 157 g/mol. The van der Waals surface area contributed by atoms with Crippen molar-refractivity contribution in [2.75, 3.05) is 0 Å². The molecule has 0 unspecified atom stereocenters. The zero-order chi connectivity index (χ0) is 8.27. The van der Waals surface area contributed by atoms with Crippen LogP contribution in [0.15, 0.2) is 18.2 Å². The minimum atomic E-state index is -0.899. The summed E-state index contributed by atoms with van der Waals surface area (Å²) in [6.07, 6.45) is 0. The van der Waals surface area contributed by atoms with E-state index in [1.807, 2.05) is 0 Å². The molecular weight excluding hydrogens is 150 g/mol. The largest absolute Gasteiger partial charge is 0.487 e. The van der Waals surface area contributed by atoms with Gasteiger partial charge in [-0.2, -0.15) is 0 Å². The second-order valence-corrected chi connectivity index (χ2v) is 1.93. The molecule has 3 heteroatoms. The number of hydrogen-bond acceptors (Lipinski definition) is 1. The van der Waals surface area contributed by atoms with Gasteiger partial charge in [0.2, 0.25) is 0 Å². The predicted molar refractivity (Wildman–Crippen MR) is 37.0 cm³/mol. The van der Waals surface area contributed by atoms with Gasteiger partial charge < -0.3 is 4.74 Å². The van der Waals surface area contributed by atoms with Crippen LogP contribution in [0.1, 0.15) is 6.92 Å². The van der Waals surface area contributed by atoms with Crippen molar-refractivity contribution in [1.82, 2.24) is 0 Å². The minimum absolute atomic E-state index is 0.298. The van der Waals surface area contributed by atoms with Crippen molar-refractivity contribution < 1.29 is 13.5 Å². The molecule has 1 rings (SSSR count). The van der Waals surface area contributed by atoms with Gasteiger partial charge in [0.05, 0.1) is 0 Å². The van der Waals surface area contributed by atoms with Gasteiger partial charge >= 0.3 is 0 Å². The van der Waals surface area contributed by atoms with Crippen LogP contribution < -0.4 is 4.74 Å². The van der Waals surface area contributed by atoms with Gasteiger partial charge in [-0.25, -0.2) is 8.78 Å². The van der Waals surface area contributed by atoms with Gasteiger partial charge in [-0.3, -0.25) is 0 Å². The molecule has 1 nitrogen and oxygen atoms in total. The van der Waals surface area contributed by atoms with E-state index in [0.717, 1.165) is 12.1 Å². The number of ether oxygens (including phenoxy) is 1. The van der Waals surface area contributed by atoms with E-state index in [-0.39, 0.29) is 0 Å². The number of hydrogen-bond donors (Lipinski definition) is 0. The van der Waals surface area contributed by atoms with Gasteiger partial charge in [0.1, 0.15) is 12.4 Å². The second-order valence-electron chi connectivity index (χ2n) is 1.93. The van der Waals surface area contributed by atoms with E-state index in [0.29, 0.717) is 5.75 Å². The Hall–Kier alpha value is -1.12. The molecule has 0 spiro atoms. The Bertz CT molecular complexity index is 248. The summed E-state index contributed by atoms with van der Waals surface area (Å²) in [5.74, 6) is -1.47. The molecule has 11 heavy (non-hydrogen) atoms. The van der Waals surface area contributed by atoms with Crippen LogP contribution in [0.5, 0.6) is 5.75 Å². The molecule has 0 aliphatic carbocycles. The molecule has 1 aromatic rings. The zero-order valence-corrected chi connectivity index (χ0v) is 5.97. The molecule has 0 atom stereocenters. The number of benzene rings is 1. The molecule has 0 N–H and O–H groups in total. The van der Waals surface area contributed by atoms with E-state index in [9.17, 15) is 8.78 Å². The van der Waals surface area contributed by atoms with Crippen LogP contribution in [0.25, 0.3) is 0 Å². The molecule has 0 bridgehead atoms. The molecular formula is C8H7F2O. The third-order valence-corrected chi connectivity index (χ3v) is 1.14. The van der Waals surface area contributed by atoms with E-state index < -0.39 is 11.6 Å². The Morgan fingerprint density at radius 3 is 2.55 bits per heavy atom. The smallest absolute Gasteiger partial charge is 0.162 e. The SMILES string of the molecule is C[CH]Oc1ccc(F)c(F)c1. The van der Waals surface area contributed by atoms with Crippen molar-refractivity contribution in [3.63, 3.8) is 0 Å². The minimum Gasteiger partial charge on any atom is -0.487 e. The molecule has 0 saturated heterocycles. The Labute approximate surface area is 63.6 Å². The maximum Gasteiger partial charge on any atom is 0.162 e. The fraction of sp³-hybridized carbons (Fsp3) is 0.125. The van der Waals surface area contributed by atoms with Crippen LogP contribution in [0.2, 0.25) is 0 Å². The molecule has 1 aromatic carbocycles. The lowest BCUT2D eigenvalue weighted by Gasteiger charge is -2.00. The standard InChI is InChI=1S/C8H7F2O/c1-2-11-6-3-4-7(9)8(10)5-6/h2-5H,1H3. The van der Waals surface area contributed by atoms with Crippen LogP contribution >= 0.6 is 0 Å². The average Bonchev–Trinajstić information content (AvgIpc) is 1.98. The second kappa shape index (κ2) is 3.32. The Morgan fingerprint density at radius 2 is 2.00 bits per heavy atom. The van der Waals surface area contributed by atoms with Crippen LogP contribution in [-0.2, 0) is 0 Å². The maximum absolute atomic E-state index is 12.4.